The van der Waals surface area contributed by atoms with E-state index in [1.54, 1.807) is 0 Å². The molecular formula is C10H18F3NO2. The maximum absolute atomic E-state index is 11.8. The molecule has 0 atom stereocenters. The maximum Gasteiger partial charge on any atom is 0.411 e. The van der Waals surface area contributed by atoms with Crippen LogP contribution in [0.2, 0.25) is 0 Å². The minimum Gasteiger partial charge on any atom is -0.396 e. The van der Waals surface area contributed by atoms with Gasteiger partial charge in [0.2, 0.25) is 0 Å². The molecule has 0 radical (unpaired) electrons. The lowest BCUT2D eigenvalue weighted by Crippen LogP contribution is -2.40. The van der Waals surface area contributed by atoms with Gasteiger partial charge in [0.15, 0.2) is 0 Å². The van der Waals surface area contributed by atoms with Crippen molar-refractivity contribution in [2.75, 3.05) is 32.9 Å². The van der Waals surface area contributed by atoms with Crippen LogP contribution in [0, 0.1) is 5.41 Å². The standard InChI is InChI=1S/C10H18F3NO2/c11-10(12,13)8-16-6-3-9(7-15)1-4-14-5-2-9/h14-15H,1-8H2. The van der Waals surface area contributed by atoms with Crippen molar-refractivity contribution in [3.8, 4) is 0 Å². The molecule has 1 saturated heterocycles. The fraction of sp³-hybridized carbons (Fsp3) is 1.00. The zero-order valence-corrected chi connectivity index (χ0v) is 9.15. The largest absolute Gasteiger partial charge is 0.411 e. The molecule has 3 nitrogen and oxygen atoms in total. The van der Waals surface area contributed by atoms with Crippen LogP contribution in [0.15, 0.2) is 0 Å². The molecule has 6 heteroatoms. The molecule has 1 aliphatic heterocycles. The fourth-order valence-electron chi connectivity index (χ4n) is 1.92. The lowest BCUT2D eigenvalue weighted by molar-refractivity contribution is -0.176. The summed E-state index contributed by atoms with van der Waals surface area (Å²) < 4.78 is 40.0. The summed E-state index contributed by atoms with van der Waals surface area (Å²) in [7, 11) is 0. The molecule has 1 aliphatic rings. The van der Waals surface area contributed by atoms with E-state index in [4.69, 9.17) is 0 Å². The molecule has 1 heterocycles. The second-order valence-electron chi connectivity index (χ2n) is 4.33. The Balaban J connectivity index is 2.23. The van der Waals surface area contributed by atoms with Crippen LogP contribution in [0.4, 0.5) is 13.2 Å². The van der Waals surface area contributed by atoms with Gasteiger partial charge in [0.25, 0.3) is 0 Å². The van der Waals surface area contributed by atoms with Gasteiger partial charge in [-0.3, -0.25) is 0 Å². The molecule has 0 spiro atoms. The third-order valence-electron chi connectivity index (χ3n) is 3.04. The molecule has 0 unspecified atom stereocenters. The summed E-state index contributed by atoms with van der Waals surface area (Å²) in [4.78, 5) is 0. The van der Waals surface area contributed by atoms with Crippen molar-refractivity contribution in [3.05, 3.63) is 0 Å². The number of aliphatic hydroxyl groups excluding tert-OH is 1. The van der Waals surface area contributed by atoms with Crippen molar-refractivity contribution < 1.29 is 23.0 Å². The summed E-state index contributed by atoms with van der Waals surface area (Å²) in [6.45, 7) is 0.483. The Morgan fingerprint density at radius 3 is 2.38 bits per heavy atom. The van der Waals surface area contributed by atoms with Crippen molar-refractivity contribution in [1.29, 1.82) is 0 Å². The molecule has 0 aromatic carbocycles. The topological polar surface area (TPSA) is 41.5 Å². The lowest BCUT2D eigenvalue weighted by atomic mass is 9.77. The Kier molecular flexibility index (Phi) is 5.01. The molecule has 0 aromatic heterocycles. The van der Waals surface area contributed by atoms with Crippen LogP contribution in [0.1, 0.15) is 19.3 Å². The van der Waals surface area contributed by atoms with Crippen molar-refractivity contribution >= 4 is 0 Å². The van der Waals surface area contributed by atoms with Crippen LogP contribution < -0.4 is 5.32 Å². The number of alkyl halides is 3. The highest BCUT2D eigenvalue weighted by Crippen LogP contribution is 2.32. The Labute approximate surface area is 93.0 Å². The molecule has 0 amide bonds. The van der Waals surface area contributed by atoms with E-state index < -0.39 is 12.8 Å². The van der Waals surface area contributed by atoms with Crippen molar-refractivity contribution in [2.24, 2.45) is 5.41 Å². The Morgan fingerprint density at radius 2 is 1.88 bits per heavy atom. The van der Waals surface area contributed by atoms with E-state index >= 15 is 0 Å². The van der Waals surface area contributed by atoms with Crippen LogP contribution in [0.5, 0.6) is 0 Å². The first-order chi connectivity index (χ1) is 7.47. The number of halogens is 3. The van der Waals surface area contributed by atoms with Gasteiger partial charge in [-0.25, -0.2) is 0 Å². The first kappa shape index (κ1) is 13.7. The quantitative estimate of drug-likeness (QED) is 0.713. The third kappa shape index (κ3) is 4.67. The number of hydrogen-bond donors (Lipinski definition) is 2. The van der Waals surface area contributed by atoms with Crippen molar-refractivity contribution in [1.82, 2.24) is 5.32 Å². The minimum atomic E-state index is -4.26. The Bertz CT molecular complexity index is 203. The smallest absolute Gasteiger partial charge is 0.396 e. The van der Waals surface area contributed by atoms with Gasteiger partial charge in [-0.2, -0.15) is 13.2 Å². The van der Waals surface area contributed by atoms with Gasteiger partial charge in [0, 0.05) is 13.2 Å². The molecule has 1 fully saturated rings. The predicted octanol–water partition coefficient (Wildman–Crippen LogP) is 1.32. The van der Waals surface area contributed by atoms with Gasteiger partial charge in [0.1, 0.15) is 6.61 Å². The molecule has 16 heavy (non-hydrogen) atoms. The maximum atomic E-state index is 11.8. The first-order valence-electron chi connectivity index (χ1n) is 5.44. The van der Waals surface area contributed by atoms with Gasteiger partial charge in [-0.05, 0) is 37.8 Å². The monoisotopic (exact) mass is 241 g/mol. The van der Waals surface area contributed by atoms with Gasteiger partial charge < -0.3 is 15.2 Å². The van der Waals surface area contributed by atoms with Gasteiger partial charge in [-0.15, -0.1) is 0 Å². The zero-order chi connectivity index (χ0) is 12.1. The highest BCUT2D eigenvalue weighted by Gasteiger charge is 2.32. The second kappa shape index (κ2) is 5.84. The van der Waals surface area contributed by atoms with Crippen LogP contribution in [-0.4, -0.2) is 44.2 Å². The third-order valence-corrected chi connectivity index (χ3v) is 3.04. The molecule has 0 aromatic rings. The average Bonchev–Trinajstić information content (AvgIpc) is 2.25. The highest BCUT2D eigenvalue weighted by atomic mass is 19.4. The number of aliphatic hydroxyl groups is 1. The van der Waals surface area contributed by atoms with Gasteiger partial charge >= 0.3 is 6.18 Å². The zero-order valence-electron chi connectivity index (χ0n) is 9.15. The normalized spacial score (nSPS) is 21.0. The summed E-state index contributed by atoms with van der Waals surface area (Å²) in [5, 5.41) is 12.5. The molecule has 2 N–H and O–H groups in total. The fourth-order valence-corrected chi connectivity index (χ4v) is 1.92. The molecule has 0 bridgehead atoms. The van der Waals surface area contributed by atoms with E-state index in [2.05, 4.69) is 10.1 Å². The highest BCUT2D eigenvalue weighted by molar-refractivity contribution is 4.83. The van der Waals surface area contributed by atoms with E-state index in [0.717, 1.165) is 25.9 Å². The second-order valence-corrected chi connectivity index (χ2v) is 4.33. The van der Waals surface area contributed by atoms with Gasteiger partial charge in [-0.1, -0.05) is 0 Å². The number of ether oxygens (including phenoxy) is 1. The summed E-state index contributed by atoms with van der Waals surface area (Å²) in [6, 6.07) is 0. The Hall–Kier alpha value is -0.330. The summed E-state index contributed by atoms with van der Waals surface area (Å²) >= 11 is 0. The average molecular weight is 241 g/mol. The summed E-state index contributed by atoms with van der Waals surface area (Å²) in [6.07, 6.45) is -2.19. The Morgan fingerprint density at radius 1 is 1.25 bits per heavy atom. The van der Waals surface area contributed by atoms with Crippen LogP contribution >= 0.6 is 0 Å². The number of rotatable bonds is 5. The van der Waals surface area contributed by atoms with Crippen LogP contribution in [0.3, 0.4) is 0 Å². The molecule has 0 saturated carbocycles. The van der Waals surface area contributed by atoms with E-state index in [1.165, 1.54) is 0 Å². The van der Waals surface area contributed by atoms with Crippen molar-refractivity contribution in [3.63, 3.8) is 0 Å². The van der Waals surface area contributed by atoms with Crippen LogP contribution in [0.25, 0.3) is 0 Å². The molecular weight excluding hydrogens is 223 g/mol. The minimum absolute atomic E-state index is 0.0179. The molecule has 0 aliphatic carbocycles. The van der Waals surface area contributed by atoms with Crippen LogP contribution in [-0.2, 0) is 4.74 Å². The van der Waals surface area contributed by atoms with Crippen molar-refractivity contribution in [2.45, 2.75) is 25.4 Å². The van der Waals surface area contributed by atoms with E-state index in [1.807, 2.05) is 0 Å². The SMILES string of the molecule is OCC1(CCOCC(F)(F)F)CCNCC1. The number of nitrogens with one attached hydrogen (secondary N) is 1. The molecule has 1 rings (SSSR count). The number of piperidine rings is 1. The lowest BCUT2D eigenvalue weighted by Gasteiger charge is -2.35. The summed E-state index contributed by atoms with van der Waals surface area (Å²) in [5.41, 5.74) is -0.253. The van der Waals surface area contributed by atoms with E-state index in [-0.39, 0.29) is 18.6 Å². The summed E-state index contributed by atoms with van der Waals surface area (Å²) in [5.74, 6) is 0. The van der Waals surface area contributed by atoms with Gasteiger partial charge in [0.05, 0.1) is 0 Å². The van der Waals surface area contributed by atoms with E-state index in [0.29, 0.717) is 6.42 Å². The molecule has 96 valence electrons. The van der Waals surface area contributed by atoms with E-state index in [9.17, 15) is 18.3 Å². The number of hydrogen-bond acceptors (Lipinski definition) is 3. The first-order valence-corrected chi connectivity index (χ1v) is 5.44. The predicted molar refractivity (Wildman–Crippen MR) is 53.1 cm³/mol.